The third-order valence-corrected chi connectivity index (χ3v) is 3.74. The van der Waals surface area contributed by atoms with E-state index in [0.717, 1.165) is 5.56 Å². The fraction of sp³-hybridized carbons (Fsp3) is 0.188. The van der Waals surface area contributed by atoms with Crippen molar-refractivity contribution in [1.82, 2.24) is 4.98 Å². The van der Waals surface area contributed by atoms with E-state index in [1.807, 2.05) is 0 Å². The van der Waals surface area contributed by atoms with E-state index in [1.165, 1.54) is 18.2 Å². The van der Waals surface area contributed by atoms with Crippen LogP contribution >= 0.6 is 23.2 Å². The van der Waals surface area contributed by atoms with Gasteiger partial charge < -0.3 is 15.2 Å². The van der Waals surface area contributed by atoms with E-state index in [9.17, 15) is 14.7 Å². The Morgan fingerprint density at radius 2 is 1.92 bits per heavy atom. The Kier molecular flexibility index (Phi) is 5.64. The van der Waals surface area contributed by atoms with Gasteiger partial charge in [-0.3, -0.25) is 4.79 Å². The molecule has 2 rings (SSSR count). The summed E-state index contributed by atoms with van der Waals surface area (Å²) in [5, 5.41) is 12.6. The lowest BCUT2D eigenvalue weighted by Crippen LogP contribution is -2.22. The summed E-state index contributed by atoms with van der Waals surface area (Å²) in [5.41, 5.74) is 1.26. The fourth-order valence-electron chi connectivity index (χ4n) is 1.84. The lowest BCUT2D eigenvalue weighted by atomic mass is 10.1. The quantitative estimate of drug-likeness (QED) is 0.806. The van der Waals surface area contributed by atoms with Crippen molar-refractivity contribution in [2.75, 3.05) is 11.9 Å². The molecule has 8 heteroatoms. The first-order chi connectivity index (χ1) is 11.3. The molecule has 1 heterocycles. The number of nitrogens with one attached hydrogen (secondary N) is 1. The van der Waals surface area contributed by atoms with Crippen LogP contribution in [0.4, 0.5) is 5.82 Å². The number of hydrogen-bond acceptors (Lipinski definition) is 5. The Morgan fingerprint density at radius 3 is 2.62 bits per heavy atom. The van der Waals surface area contributed by atoms with Crippen LogP contribution in [0.5, 0.6) is 5.75 Å². The van der Waals surface area contributed by atoms with Crippen LogP contribution in [0.2, 0.25) is 10.0 Å². The summed E-state index contributed by atoms with van der Waals surface area (Å²) in [6.45, 7) is 2.88. The molecule has 2 aromatic rings. The van der Waals surface area contributed by atoms with Crippen molar-refractivity contribution in [2.24, 2.45) is 0 Å². The first-order valence-corrected chi connectivity index (χ1v) is 7.62. The second kappa shape index (κ2) is 7.51. The summed E-state index contributed by atoms with van der Waals surface area (Å²) < 4.78 is 4.88. The van der Waals surface area contributed by atoms with E-state index in [4.69, 9.17) is 27.9 Å². The number of phenolic OH excluding ortho intramolecular Hbond substituents is 1. The van der Waals surface area contributed by atoms with E-state index in [2.05, 4.69) is 10.3 Å². The van der Waals surface area contributed by atoms with Gasteiger partial charge in [-0.15, -0.1) is 0 Å². The molecule has 0 spiro atoms. The number of nitrogens with zero attached hydrogens (tertiary/aromatic N) is 1. The molecule has 1 aromatic heterocycles. The minimum atomic E-state index is -0.808. The second-order valence-electron chi connectivity index (χ2n) is 5.03. The smallest absolute Gasteiger partial charge is 0.342 e. The normalized spacial score (nSPS) is 10.3. The summed E-state index contributed by atoms with van der Waals surface area (Å²) in [6, 6.07) is 5.95. The Labute approximate surface area is 148 Å². The molecule has 0 bridgehead atoms. The number of anilines is 1. The van der Waals surface area contributed by atoms with Crippen molar-refractivity contribution in [3.05, 3.63) is 51.1 Å². The highest BCUT2D eigenvalue weighted by Gasteiger charge is 2.16. The maximum absolute atomic E-state index is 11.9. The summed E-state index contributed by atoms with van der Waals surface area (Å²) in [7, 11) is 0. The number of phenols is 1. The molecule has 6 nitrogen and oxygen atoms in total. The molecule has 0 aliphatic heterocycles. The Hall–Kier alpha value is -2.31. The summed E-state index contributed by atoms with van der Waals surface area (Å²) in [4.78, 5) is 27.8. The van der Waals surface area contributed by atoms with E-state index in [0.29, 0.717) is 10.7 Å². The number of carbonyl (C=O) groups excluding carboxylic acids is 2. The number of carbonyl (C=O) groups is 2. The first kappa shape index (κ1) is 18.0. The Morgan fingerprint density at radius 1 is 1.21 bits per heavy atom. The number of esters is 1. The van der Waals surface area contributed by atoms with Crippen molar-refractivity contribution in [3.63, 3.8) is 0 Å². The minimum Gasteiger partial charge on any atom is -0.507 e. The van der Waals surface area contributed by atoms with Crippen LogP contribution in [0, 0.1) is 13.8 Å². The van der Waals surface area contributed by atoms with Gasteiger partial charge in [0.25, 0.3) is 5.91 Å². The topological polar surface area (TPSA) is 88.5 Å². The number of rotatable bonds is 4. The maximum Gasteiger partial charge on any atom is 0.342 e. The average molecular weight is 369 g/mol. The molecule has 126 valence electrons. The number of aromatic nitrogens is 1. The second-order valence-corrected chi connectivity index (χ2v) is 5.85. The highest BCUT2D eigenvalue weighted by molar-refractivity contribution is 6.36. The van der Waals surface area contributed by atoms with Crippen LogP contribution in [0.25, 0.3) is 0 Å². The van der Waals surface area contributed by atoms with Gasteiger partial charge in [0.05, 0.1) is 15.7 Å². The minimum absolute atomic E-state index is 0.0127. The van der Waals surface area contributed by atoms with E-state index in [1.54, 1.807) is 19.9 Å². The largest absolute Gasteiger partial charge is 0.507 e. The molecule has 0 radical (unpaired) electrons. The molecule has 0 aliphatic rings. The zero-order chi connectivity index (χ0) is 17.9. The van der Waals surface area contributed by atoms with Crippen LogP contribution in [0.1, 0.15) is 21.6 Å². The van der Waals surface area contributed by atoms with Gasteiger partial charge in [0.2, 0.25) is 0 Å². The molecular formula is C16H14Cl2N2O4. The molecule has 2 N–H and O–H groups in total. The predicted octanol–water partition coefficient (Wildman–Crippen LogP) is 3.51. The van der Waals surface area contributed by atoms with Gasteiger partial charge >= 0.3 is 5.97 Å². The molecule has 0 fully saturated rings. The lowest BCUT2D eigenvalue weighted by molar-refractivity contribution is -0.119. The number of pyridine rings is 1. The third kappa shape index (κ3) is 4.37. The number of ether oxygens (including phenoxy) is 1. The van der Waals surface area contributed by atoms with E-state index >= 15 is 0 Å². The summed E-state index contributed by atoms with van der Waals surface area (Å²) >= 11 is 11.8. The fourth-order valence-corrected chi connectivity index (χ4v) is 2.24. The first-order valence-electron chi connectivity index (χ1n) is 6.87. The molecule has 1 aromatic carbocycles. The zero-order valence-corrected chi connectivity index (χ0v) is 14.4. The zero-order valence-electron chi connectivity index (χ0n) is 12.9. The third-order valence-electron chi connectivity index (χ3n) is 3.07. The van der Waals surface area contributed by atoms with Crippen LogP contribution < -0.4 is 5.32 Å². The molecule has 0 aliphatic carbocycles. The average Bonchev–Trinajstić information content (AvgIpc) is 2.52. The number of amides is 1. The van der Waals surface area contributed by atoms with Crippen molar-refractivity contribution < 1.29 is 19.4 Å². The molecule has 0 atom stereocenters. The number of hydrogen-bond donors (Lipinski definition) is 2. The molecular weight excluding hydrogens is 355 g/mol. The summed E-state index contributed by atoms with van der Waals surface area (Å²) in [6.07, 6.45) is 0. The van der Waals surface area contributed by atoms with Gasteiger partial charge in [0, 0.05) is 0 Å². The predicted molar refractivity (Wildman–Crippen MR) is 90.8 cm³/mol. The van der Waals surface area contributed by atoms with Crippen LogP contribution in [0.3, 0.4) is 0 Å². The molecule has 1 amide bonds. The van der Waals surface area contributed by atoms with Crippen LogP contribution in [0.15, 0.2) is 24.3 Å². The Balaban J connectivity index is 2.00. The van der Waals surface area contributed by atoms with Gasteiger partial charge in [-0.2, -0.15) is 0 Å². The van der Waals surface area contributed by atoms with Gasteiger partial charge in [0.15, 0.2) is 12.4 Å². The molecule has 0 saturated carbocycles. The highest BCUT2D eigenvalue weighted by Crippen LogP contribution is 2.25. The number of aryl methyl sites for hydroxylation is 2. The monoisotopic (exact) mass is 368 g/mol. The standard InChI is InChI=1S/C16H14Cl2N2O4/c1-8-3-4-13(21)10(5-8)16(23)24-7-14(22)20-15-12(18)6-11(17)9(2)19-15/h3-6,21H,7H2,1-2H3,(H,19,20,22). The van der Waals surface area contributed by atoms with Crippen molar-refractivity contribution >= 4 is 40.9 Å². The number of benzene rings is 1. The van der Waals surface area contributed by atoms with Crippen molar-refractivity contribution in [2.45, 2.75) is 13.8 Å². The molecule has 0 unspecified atom stereocenters. The van der Waals surface area contributed by atoms with Crippen molar-refractivity contribution in [3.8, 4) is 5.75 Å². The lowest BCUT2D eigenvalue weighted by Gasteiger charge is -2.09. The van der Waals surface area contributed by atoms with Crippen molar-refractivity contribution in [1.29, 1.82) is 0 Å². The van der Waals surface area contributed by atoms with Gasteiger partial charge in [0.1, 0.15) is 11.3 Å². The SMILES string of the molecule is Cc1ccc(O)c(C(=O)OCC(=O)Nc2nc(C)c(Cl)cc2Cl)c1. The van der Waals surface area contributed by atoms with Crippen LogP contribution in [-0.2, 0) is 9.53 Å². The van der Waals surface area contributed by atoms with E-state index < -0.39 is 18.5 Å². The summed E-state index contributed by atoms with van der Waals surface area (Å²) in [5.74, 6) is -1.52. The number of halogens is 2. The van der Waals surface area contributed by atoms with Gasteiger partial charge in [-0.05, 0) is 32.0 Å². The number of aromatic hydroxyl groups is 1. The maximum atomic E-state index is 11.9. The molecule has 0 saturated heterocycles. The van der Waals surface area contributed by atoms with E-state index in [-0.39, 0.29) is 22.2 Å². The van der Waals surface area contributed by atoms with Gasteiger partial charge in [-0.1, -0.05) is 34.8 Å². The Bertz CT molecular complexity index is 809. The van der Waals surface area contributed by atoms with Gasteiger partial charge in [-0.25, -0.2) is 9.78 Å². The van der Waals surface area contributed by atoms with Crippen LogP contribution in [-0.4, -0.2) is 28.6 Å². The highest BCUT2D eigenvalue weighted by atomic mass is 35.5. The molecule has 24 heavy (non-hydrogen) atoms.